The molecule has 0 spiro atoms. The van der Waals surface area contributed by atoms with Gasteiger partial charge in [0.15, 0.2) is 0 Å². The Balaban J connectivity index is 2.09. The summed E-state index contributed by atoms with van der Waals surface area (Å²) in [6.45, 7) is 1.80. The summed E-state index contributed by atoms with van der Waals surface area (Å²) in [5.74, 6) is -0.474. The maximum Gasteiger partial charge on any atom is 0.366 e. The van der Waals surface area contributed by atoms with Gasteiger partial charge in [-0.1, -0.05) is 23.4 Å². The minimum absolute atomic E-state index is 0.459. The van der Waals surface area contributed by atoms with Crippen molar-refractivity contribution in [1.82, 2.24) is 0 Å². The molecular formula is C13H10BrNO2S. The van der Waals surface area contributed by atoms with Crippen LogP contribution < -0.4 is 0 Å². The predicted octanol–water partition coefficient (Wildman–Crippen LogP) is 4.09. The van der Waals surface area contributed by atoms with Gasteiger partial charge in [0.1, 0.15) is 0 Å². The third-order valence-electron chi connectivity index (χ3n) is 2.24. The Labute approximate surface area is 117 Å². The zero-order valence-corrected chi connectivity index (χ0v) is 12.0. The lowest BCUT2D eigenvalue weighted by atomic mass is 10.2. The van der Waals surface area contributed by atoms with Crippen molar-refractivity contribution in [2.45, 2.75) is 6.92 Å². The molecule has 3 nitrogen and oxygen atoms in total. The predicted molar refractivity (Wildman–Crippen MR) is 76.1 cm³/mol. The number of thiophene rings is 1. The molecule has 0 atom stereocenters. The number of benzene rings is 1. The maximum absolute atomic E-state index is 11.8. The average Bonchev–Trinajstić information content (AvgIpc) is 2.90. The van der Waals surface area contributed by atoms with Gasteiger partial charge >= 0.3 is 5.97 Å². The fraction of sp³-hybridized carbons (Fsp3) is 0.0769. The van der Waals surface area contributed by atoms with Gasteiger partial charge in [-0.05, 0) is 46.4 Å². The highest BCUT2D eigenvalue weighted by Gasteiger charge is 2.11. The van der Waals surface area contributed by atoms with Gasteiger partial charge in [-0.15, -0.1) is 11.3 Å². The molecule has 0 saturated carbocycles. The van der Waals surface area contributed by atoms with E-state index in [1.165, 1.54) is 0 Å². The molecule has 0 radical (unpaired) electrons. The summed E-state index contributed by atoms with van der Waals surface area (Å²) >= 11 is 4.85. The summed E-state index contributed by atoms with van der Waals surface area (Å²) in [7, 11) is 0. The zero-order chi connectivity index (χ0) is 13.0. The molecule has 0 N–H and O–H groups in total. The van der Waals surface area contributed by atoms with Gasteiger partial charge in [0.05, 0.1) is 16.2 Å². The lowest BCUT2D eigenvalue weighted by molar-refractivity contribution is 0.0515. The van der Waals surface area contributed by atoms with E-state index in [9.17, 15) is 4.79 Å². The minimum Gasteiger partial charge on any atom is -0.312 e. The Morgan fingerprint density at radius 3 is 2.72 bits per heavy atom. The minimum atomic E-state index is -0.474. The highest BCUT2D eigenvalue weighted by atomic mass is 79.9. The summed E-state index contributed by atoms with van der Waals surface area (Å²) < 4.78 is 0.693. The molecule has 0 aliphatic heterocycles. The first kappa shape index (κ1) is 13.0. The van der Waals surface area contributed by atoms with Gasteiger partial charge < -0.3 is 4.84 Å². The van der Waals surface area contributed by atoms with E-state index in [4.69, 9.17) is 4.84 Å². The van der Waals surface area contributed by atoms with Crippen LogP contribution in [0.2, 0.25) is 0 Å². The van der Waals surface area contributed by atoms with Gasteiger partial charge in [0, 0.05) is 4.47 Å². The Kier molecular flexibility index (Phi) is 4.28. The van der Waals surface area contributed by atoms with Gasteiger partial charge in [-0.3, -0.25) is 0 Å². The number of carbonyl (C=O) groups is 1. The first-order valence-electron chi connectivity index (χ1n) is 5.23. The second-order valence-corrected chi connectivity index (χ2v) is 5.31. The van der Waals surface area contributed by atoms with Gasteiger partial charge in [-0.2, -0.15) is 0 Å². The van der Waals surface area contributed by atoms with E-state index in [2.05, 4.69) is 21.1 Å². The third kappa shape index (κ3) is 3.05. The molecule has 5 heteroatoms. The molecule has 1 aromatic heterocycles. The molecule has 1 aromatic carbocycles. The molecule has 0 bridgehead atoms. The molecule has 1 heterocycles. The van der Waals surface area contributed by atoms with Crippen molar-refractivity contribution in [1.29, 1.82) is 0 Å². The molecule has 0 unspecified atom stereocenters. The zero-order valence-electron chi connectivity index (χ0n) is 9.59. The molecule has 0 amide bonds. The van der Waals surface area contributed by atoms with Crippen molar-refractivity contribution in [2.24, 2.45) is 5.16 Å². The summed E-state index contributed by atoms with van der Waals surface area (Å²) in [4.78, 5) is 17.7. The van der Waals surface area contributed by atoms with Crippen molar-refractivity contribution in [3.05, 3.63) is 56.7 Å². The van der Waals surface area contributed by atoms with E-state index in [1.807, 2.05) is 23.6 Å². The van der Waals surface area contributed by atoms with Crippen LogP contribution in [0.5, 0.6) is 0 Å². The quantitative estimate of drug-likeness (QED) is 0.484. The number of oxime groups is 1. The first-order valence-corrected chi connectivity index (χ1v) is 6.90. The molecule has 0 aliphatic rings. The molecule has 0 aliphatic carbocycles. The summed E-state index contributed by atoms with van der Waals surface area (Å²) in [6, 6.07) is 10.9. The summed E-state index contributed by atoms with van der Waals surface area (Å²) in [5, 5.41) is 5.79. The van der Waals surface area contributed by atoms with Crippen LogP contribution in [0, 0.1) is 0 Å². The smallest absolute Gasteiger partial charge is 0.312 e. The Hall–Kier alpha value is -1.46. The van der Waals surface area contributed by atoms with Gasteiger partial charge in [0.25, 0.3) is 0 Å². The van der Waals surface area contributed by atoms with Crippen LogP contribution in [0.1, 0.15) is 22.2 Å². The number of hydrogen-bond donors (Lipinski definition) is 0. The molecule has 0 fully saturated rings. The average molecular weight is 324 g/mol. The SMILES string of the molecule is C/C(=N\OC(=O)c1ccccc1Br)c1cccs1. The van der Waals surface area contributed by atoms with E-state index in [1.54, 1.807) is 36.5 Å². The van der Waals surface area contributed by atoms with Crippen molar-refractivity contribution >= 4 is 38.9 Å². The van der Waals surface area contributed by atoms with Crippen molar-refractivity contribution in [3.8, 4) is 0 Å². The fourth-order valence-electron chi connectivity index (χ4n) is 1.32. The van der Waals surface area contributed by atoms with Crippen LogP contribution in [0.3, 0.4) is 0 Å². The number of hydrogen-bond acceptors (Lipinski definition) is 4. The second kappa shape index (κ2) is 5.93. The monoisotopic (exact) mass is 323 g/mol. The highest BCUT2D eigenvalue weighted by Crippen LogP contribution is 2.17. The van der Waals surface area contributed by atoms with Gasteiger partial charge in [-0.25, -0.2) is 4.79 Å². The fourth-order valence-corrected chi connectivity index (χ4v) is 2.43. The summed E-state index contributed by atoms with van der Waals surface area (Å²) in [6.07, 6.45) is 0. The van der Waals surface area contributed by atoms with Crippen molar-refractivity contribution in [3.63, 3.8) is 0 Å². The Morgan fingerprint density at radius 1 is 1.28 bits per heavy atom. The second-order valence-electron chi connectivity index (χ2n) is 3.51. The lowest BCUT2D eigenvalue weighted by Crippen LogP contribution is -2.03. The number of halogens is 1. The first-order chi connectivity index (χ1) is 8.68. The molecule has 2 aromatic rings. The molecule has 92 valence electrons. The maximum atomic E-state index is 11.8. The number of rotatable bonds is 3. The normalized spacial score (nSPS) is 11.3. The standard InChI is InChI=1S/C13H10BrNO2S/c1-9(12-7-4-8-18-12)15-17-13(16)10-5-2-3-6-11(10)14/h2-8H,1H3/b15-9+. The van der Waals surface area contributed by atoms with Crippen LogP contribution in [0.4, 0.5) is 0 Å². The van der Waals surface area contributed by atoms with Crippen LogP contribution in [0.15, 0.2) is 51.4 Å². The summed E-state index contributed by atoms with van der Waals surface area (Å²) in [5.41, 5.74) is 1.14. The van der Waals surface area contributed by atoms with Gasteiger partial charge in [0.2, 0.25) is 0 Å². The molecule has 18 heavy (non-hydrogen) atoms. The Bertz CT molecular complexity index is 578. The number of carbonyl (C=O) groups excluding carboxylic acids is 1. The van der Waals surface area contributed by atoms with E-state index in [0.717, 1.165) is 4.88 Å². The van der Waals surface area contributed by atoms with E-state index >= 15 is 0 Å². The molecule has 2 rings (SSSR count). The lowest BCUT2D eigenvalue weighted by Gasteiger charge is -2.01. The van der Waals surface area contributed by atoms with Crippen LogP contribution in [-0.2, 0) is 4.84 Å². The van der Waals surface area contributed by atoms with Crippen LogP contribution in [0.25, 0.3) is 0 Å². The largest absolute Gasteiger partial charge is 0.366 e. The number of nitrogens with zero attached hydrogens (tertiary/aromatic N) is 1. The van der Waals surface area contributed by atoms with Crippen molar-refractivity contribution < 1.29 is 9.63 Å². The van der Waals surface area contributed by atoms with E-state index in [-0.39, 0.29) is 0 Å². The molecular weight excluding hydrogens is 314 g/mol. The van der Waals surface area contributed by atoms with Crippen LogP contribution in [-0.4, -0.2) is 11.7 Å². The van der Waals surface area contributed by atoms with E-state index < -0.39 is 5.97 Å². The highest BCUT2D eigenvalue weighted by molar-refractivity contribution is 9.10. The van der Waals surface area contributed by atoms with Crippen LogP contribution >= 0.6 is 27.3 Å². The van der Waals surface area contributed by atoms with E-state index in [0.29, 0.717) is 15.7 Å². The Morgan fingerprint density at radius 2 is 2.06 bits per heavy atom. The molecule has 0 saturated heterocycles. The van der Waals surface area contributed by atoms with Crippen molar-refractivity contribution in [2.75, 3.05) is 0 Å². The topological polar surface area (TPSA) is 38.7 Å². The third-order valence-corrected chi connectivity index (χ3v) is 3.91.